The van der Waals surface area contributed by atoms with Crippen molar-refractivity contribution < 1.29 is 14.3 Å². The van der Waals surface area contributed by atoms with Gasteiger partial charge in [0.05, 0.1) is 5.56 Å². The number of benzene rings is 1. The second kappa shape index (κ2) is 3.40. The number of hydrogen-bond acceptors (Lipinski definition) is 1. The second-order valence-corrected chi connectivity index (χ2v) is 4.25. The fourth-order valence-corrected chi connectivity index (χ4v) is 1.26. The van der Waals surface area contributed by atoms with E-state index < -0.39 is 11.8 Å². The highest BCUT2D eigenvalue weighted by molar-refractivity contribution is 5.87. The van der Waals surface area contributed by atoms with Gasteiger partial charge in [-0.25, -0.2) is 9.18 Å². The molecule has 1 rings (SSSR count). The van der Waals surface area contributed by atoms with Gasteiger partial charge in [0, 0.05) is 0 Å². The lowest BCUT2D eigenvalue weighted by molar-refractivity contribution is 0.0696. The van der Waals surface area contributed by atoms with Gasteiger partial charge >= 0.3 is 5.97 Å². The van der Waals surface area contributed by atoms with Crippen LogP contribution in [0.5, 0.6) is 0 Å². The van der Waals surface area contributed by atoms with E-state index in [0.29, 0.717) is 5.56 Å². The van der Waals surface area contributed by atoms with Gasteiger partial charge in [0.1, 0.15) is 5.82 Å². The quantitative estimate of drug-likeness (QED) is 0.749. The molecule has 0 unspecified atom stereocenters. The summed E-state index contributed by atoms with van der Waals surface area (Å²) in [7, 11) is 0. The van der Waals surface area contributed by atoms with Crippen LogP contribution in [-0.4, -0.2) is 11.1 Å². The SMILES string of the molecule is CC(C)(C)c1ccc(C(=O)O)cc1F. The van der Waals surface area contributed by atoms with E-state index in [1.807, 2.05) is 20.8 Å². The molecule has 0 saturated heterocycles. The first-order valence-corrected chi connectivity index (χ1v) is 4.35. The Balaban J connectivity index is 3.21. The van der Waals surface area contributed by atoms with Crippen LogP contribution in [0.15, 0.2) is 18.2 Å². The van der Waals surface area contributed by atoms with Crippen molar-refractivity contribution in [3.8, 4) is 0 Å². The van der Waals surface area contributed by atoms with E-state index in [-0.39, 0.29) is 11.0 Å². The molecule has 0 atom stereocenters. The molecular weight excluding hydrogens is 183 g/mol. The van der Waals surface area contributed by atoms with Crippen LogP contribution >= 0.6 is 0 Å². The highest BCUT2D eigenvalue weighted by Gasteiger charge is 2.19. The molecule has 14 heavy (non-hydrogen) atoms. The van der Waals surface area contributed by atoms with Crippen molar-refractivity contribution in [3.63, 3.8) is 0 Å². The minimum absolute atomic E-state index is 0.0181. The summed E-state index contributed by atoms with van der Waals surface area (Å²) >= 11 is 0. The Bertz CT molecular complexity index is 364. The number of aromatic carboxylic acids is 1. The lowest BCUT2D eigenvalue weighted by Crippen LogP contribution is -2.14. The van der Waals surface area contributed by atoms with Crippen LogP contribution in [0.3, 0.4) is 0 Å². The molecular formula is C11H13FO2. The summed E-state index contributed by atoms with van der Waals surface area (Å²) in [6.07, 6.45) is 0. The fourth-order valence-electron chi connectivity index (χ4n) is 1.26. The van der Waals surface area contributed by atoms with E-state index in [9.17, 15) is 9.18 Å². The van der Waals surface area contributed by atoms with Crippen LogP contribution in [0.1, 0.15) is 36.7 Å². The lowest BCUT2D eigenvalue weighted by atomic mass is 9.86. The van der Waals surface area contributed by atoms with Gasteiger partial charge in [0.2, 0.25) is 0 Å². The lowest BCUT2D eigenvalue weighted by Gasteiger charge is -2.19. The van der Waals surface area contributed by atoms with Crippen molar-refractivity contribution in [1.82, 2.24) is 0 Å². The summed E-state index contributed by atoms with van der Waals surface area (Å²) in [5.74, 6) is -1.57. The topological polar surface area (TPSA) is 37.3 Å². The molecule has 3 heteroatoms. The smallest absolute Gasteiger partial charge is 0.335 e. The minimum atomic E-state index is -1.11. The van der Waals surface area contributed by atoms with Gasteiger partial charge < -0.3 is 5.11 Å². The molecule has 0 saturated carbocycles. The second-order valence-electron chi connectivity index (χ2n) is 4.25. The molecule has 0 bridgehead atoms. The summed E-state index contributed by atoms with van der Waals surface area (Å²) in [6, 6.07) is 4.01. The predicted molar refractivity (Wildman–Crippen MR) is 52.1 cm³/mol. The van der Waals surface area contributed by atoms with Crippen molar-refractivity contribution in [3.05, 3.63) is 35.1 Å². The molecule has 0 heterocycles. The van der Waals surface area contributed by atoms with E-state index in [1.54, 1.807) is 0 Å². The number of carboxylic acid groups (broad SMARTS) is 1. The molecule has 0 spiro atoms. The molecule has 0 aromatic heterocycles. The molecule has 2 nitrogen and oxygen atoms in total. The third-order valence-electron chi connectivity index (χ3n) is 2.02. The number of rotatable bonds is 1. The van der Waals surface area contributed by atoms with Gasteiger partial charge in [-0.2, -0.15) is 0 Å². The number of halogens is 1. The number of carbonyl (C=O) groups is 1. The predicted octanol–water partition coefficient (Wildman–Crippen LogP) is 2.82. The third kappa shape index (κ3) is 2.10. The fraction of sp³-hybridized carbons (Fsp3) is 0.364. The third-order valence-corrected chi connectivity index (χ3v) is 2.02. The van der Waals surface area contributed by atoms with E-state index in [4.69, 9.17) is 5.11 Å². The summed E-state index contributed by atoms with van der Waals surface area (Å²) in [5.41, 5.74) is 0.208. The maximum absolute atomic E-state index is 13.4. The van der Waals surface area contributed by atoms with Gasteiger partial charge in [-0.1, -0.05) is 26.8 Å². The Morgan fingerprint density at radius 3 is 2.29 bits per heavy atom. The zero-order valence-electron chi connectivity index (χ0n) is 8.47. The molecule has 1 aromatic carbocycles. The molecule has 0 radical (unpaired) electrons. The zero-order valence-corrected chi connectivity index (χ0v) is 8.47. The molecule has 0 fully saturated rings. The van der Waals surface area contributed by atoms with Crippen molar-refractivity contribution >= 4 is 5.97 Å². The van der Waals surface area contributed by atoms with Crippen LogP contribution in [0.2, 0.25) is 0 Å². The summed E-state index contributed by atoms with van der Waals surface area (Å²) in [4.78, 5) is 10.5. The number of hydrogen-bond donors (Lipinski definition) is 1. The minimum Gasteiger partial charge on any atom is -0.478 e. The van der Waals surface area contributed by atoms with Crippen molar-refractivity contribution in [2.75, 3.05) is 0 Å². The first-order valence-electron chi connectivity index (χ1n) is 4.35. The van der Waals surface area contributed by atoms with E-state index in [1.165, 1.54) is 12.1 Å². The number of carboxylic acids is 1. The Labute approximate surface area is 82.4 Å². The van der Waals surface area contributed by atoms with Crippen LogP contribution in [0.25, 0.3) is 0 Å². The molecule has 76 valence electrons. The van der Waals surface area contributed by atoms with Crippen LogP contribution in [0, 0.1) is 5.82 Å². The molecule has 0 aliphatic carbocycles. The highest BCUT2D eigenvalue weighted by Crippen LogP contribution is 2.25. The van der Waals surface area contributed by atoms with Gasteiger partial charge in [0.25, 0.3) is 0 Å². The van der Waals surface area contributed by atoms with Gasteiger partial charge in [-0.05, 0) is 23.1 Å². The molecule has 0 aliphatic heterocycles. The maximum atomic E-state index is 13.4. The van der Waals surface area contributed by atoms with Crippen LogP contribution in [0.4, 0.5) is 4.39 Å². The van der Waals surface area contributed by atoms with Crippen molar-refractivity contribution in [1.29, 1.82) is 0 Å². The Hall–Kier alpha value is -1.38. The van der Waals surface area contributed by atoms with E-state index >= 15 is 0 Å². The summed E-state index contributed by atoms with van der Waals surface area (Å²) in [6.45, 7) is 5.64. The van der Waals surface area contributed by atoms with Crippen molar-refractivity contribution in [2.45, 2.75) is 26.2 Å². The zero-order chi connectivity index (χ0) is 10.9. The first kappa shape index (κ1) is 10.7. The molecule has 1 aromatic rings. The standard InChI is InChI=1S/C11H13FO2/c1-11(2,3)8-5-4-7(10(13)14)6-9(8)12/h4-6H,1-3H3,(H,13,14). The molecule has 0 amide bonds. The summed E-state index contributed by atoms with van der Waals surface area (Å²) < 4.78 is 13.4. The van der Waals surface area contributed by atoms with Gasteiger partial charge in [-0.15, -0.1) is 0 Å². The average molecular weight is 196 g/mol. The summed E-state index contributed by atoms with van der Waals surface area (Å²) in [5, 5.41) is 8.64. The Morgan fingerprint density at radius 1 is 1.36 bits per heavy atom. The average Bonchev–Trinajstić information content (AvgIpc) is 2.01. The highest BCUT2D eigenvalue weighted by atomic mass is 19.1. The largest absolute Gasteiger partial charge is 0.478 e. The van der Waals surface area contributed by atoms with Crippen molar-refractivity contribution in [2.24, 2.45) is 0 Å². The Morgan fingerprint density at radius 2 is 1.93 bits per heavy atom. The first-order chi connectivity index (χ1) is 6.32. The monoisotopic (exact) mass is 196 g/mol. The van der Waals surface area contributed by atoms with Crippen LogP contribution in [-0.2, 0) is 5.41 Å². The van der Waals surface area contributed by atoms with E-state index in [0.717, 1.165) is 6.07 Å². The molecule has 1 N–H and O–H groups in total. The van der Waals surface area contributed by atoms with Gasteiger partial charge in [0.15, 0.2) is 0 Å². The van der Waals surface area contributed by atoms with E-state index in [2.05, 4.69) is 0 Å². The van der Waals surface area contributed by atoms with Gasteiger partial charge in [-0.3, -0.25) is 0 Å². The Kier molecular flexibility index (Phi) is 2.60. The normalized spacial score (nSPS) is 11.4. The maximum Gasteiger partial charge on any atom is 0.335 e. The van der Waals surface area contributed by atoms with Crippen LogP contribution < -0.4 is 0 Å². The molecule has 0 aliphatic rings.